The minimum absolute atomic E-state index is 0.433. The summed E-state index contributed by atoms with van der Waals surface area (Å²) in [5.74, 6) is 0. The number of rotatable bonds is 1. The average Bonchev–Trinajstić information content (AvgIpc) is 2.58. The van der Waals surface area contributed by atoms with Gasteiger partial charge in [-0.25, -0.2) is 0 Å². The third kappa shape index (κ3) is 1.44. The van der Waals surface area contributed by atoms with E-state index >= 15 is 0 Å². The van der Waals surface area contributed by atoms with Crippen LogP contribution >= 0.6 is 0 Å². The van der Waals surface area contributed by atoms with Crippen LogP contribution in [-0.4, -0.2) is 19.6 Å². The van der Waals surface area contributed by atoms with Crippen molar-refractivity contribution in [1.29, 1.82) is 0 Å². The van der Waals surface area contributed by atoms with Gasteiger partial charge in [-0.05, 0) is 6.07 Å². The van der Waals surface area contributed by atoms with Gasteiger partial charge in [0.1, 0.15) is 0 Å². The fourth-order valence-electron chi connectivity index (χ4n) is 1.36. The van der Waals surface area contributed by atoms with Crippen LogP contribution in [0.4, 0.5) is 0 Å². The molecule has 1 aliphatic rings. The lowest BCUT2D eigenvalue weighted by Gasteiger charge is -2.23. The molecule has 2 N–H and O–H groups in total. The molecular weight excluding hydrogens is 140 g/mol. The van der Waals surface area contributed by atoms with Crippen LogP contribution in [0.2, 0.25) is 0 Å². The molecule has 2 rings (SSSR count). The lowest BCUT2D eigenvalue weighted by atomic mass is 10.1. The van der Waals surface area contributed by atoms with Crippen molar-refractivity contribution < 1.29 is 4.42 Å². The molecule has 1 unspecified atom stereocenters. The van der Waals surface area contributed by atoms with Crippen LogP contribution in [0.1, 0.15) is 11.6 Å². The first-order chi connectivity index (χ1) is 5.47. The van der Waals surface area contributed by atoms with Crippen LogP contribution in [0.25, 0.3) is 0 Å². The van der Waals surface area contributed by atoms with Crippen molar-refractivity contribution in [3.8, 4) is 0 Å². The Morgan fingerprint density at radius 1 is 1.45 bits per heavy atom. The molecule has 0 spiro atoms. The van der Waals surface area contributed by atoms with Gasteiger partial charge in [-0.3, -0.25) is 0 Å². The Balaban J connectivity index is 2.04. The molecule has 0 aromatic carbocycles. The lowest BCUT2D eigenvalue weighted by molar-refractivity contribution is 0.426. The molecule has 0 aliphatic carbocycles. The highest BCUT2D eigenvalue weighted by Crippen LogP contribution is 2.13. The van der Waals surface area contributed by atoms with Crippen LogP contribution in [0, 0.1) is 0 Å². The quantitative estimate of drug-likeness (QED) is 0.615. The predicted octanol–water partition coefficient (Wildman–Crippen LogP) is 0.513. The van der Waals surface area contributed by atoms with Gasteiger partial charge in [-0.2, -0.15) is 0 Å². The topological polar surface area (TPSA) is 37.2 Å². The molecule has 0 saturated carbocycles. The summed E-state index contributed by atoms with van der Waals surface area (Å²) >= 11 is 0. The maximum atomic E-state index is 5.00. The summed E-state index contributed by atoms with van der Waals surface area (Å²) in [6.45, 7) is 3.10. The van der Waals surface area contributed by atoms with Gasteiger partial charge in [-0.1, -0.05) is 0 Å². The van der Waals surface area contributed by atoms with E-state index in [1.54, 1.807) is 12.5 Å². The highest BCUT2D eigenvalue weighted by molar-refractivity contribution is 5.12. The van der Waals surface area contributed by atoms with Gasteiger partial charge in [-0.15, -0.1) is 0 Å². The van der Waals surface area contributed by atoms with E-state index in [0.717, 1.165) is 19.6 Å². The number of hydrogen-bond donors (Lipinski definition) is 2. The molecule has 11 heavy (non-hydrogen) atoms. The van der Waals surface area contributed by atoms with Gasteiger partial charge < -0.3 is 15.1 Å². The lowest BCUT2D eigenvalue weighted by Crippen LogP contribution is -2.42. The first-order valence-corrected chi connectivity index (χ1v) is 3.93. The summed E-state index contributed by atoms with van der Waals surface area (Å²) in [6, 6.07) is 2.44. The molecule has 1 aromatic rings. The summed E-state index contributed by atoms with van der Waals surface area (Å²) in [5, 5.41) is 6.72. The number of piperazine rings is 1. The standard InChI is InChI=1S/C8H12N2O/c1-4-11-6-7(1)8-5-9-2-3-10-8/h1,4,6,8-10H,2-3,5H2. The van der Waals surface area contributed by atoms with E-state index in [9.17, 15) is 0 Å². The predicted molar refractivity (Wildman–Crippen MR) is 42.3 cm³/mol. The summed E-state index contributed by atoms with van der Waals surface area (Å²) in [6.07, 6.45) is 3.51. The molecule has 3 heteroatoms. The van der Waals surface area contributed by atoms with Crippen LogP contribution in [-0.2, 0) is 0 Å². The van der Waals surface area contributed by atoms with Gasteiger partial charge in [0, 0.05) is 31.2 Å². The molecule has 1 aliphatic heterocycles. The number of hydrogen-bond acceptors (Lipinski definition) is 3. The van der Waals surface area contributed by atoms with E-state index in [-0.39, 0.29) is 0 Å². The normalized spacial score (nSPS) is 25.3. The molecule has 2 heterocycles. The van der Waals surface area contributed by atoms with Gasteiger partial charge in [0.15, 0.2) is 0 Å². The summed E-state index contributed by atoms with van der Waals surface area (Å²) < 4.78 is 5.00. The third-order valence-electron chi connectivity index (χ3n) is 1.99. The first kappa shape index (κ1) is 6.88. The van der Waals surface area contributed by atoms with Crippen LogP contribution < -0.4 is 10.6 Å². The molecule has 0 radical (unpaired) electrons. The van der Waals surface area contributed by atoms with E-state index in [2.05, 4.69) is 10.6 Å². The second-order valence-electron chi connectivity index (χ2n) is 2.77. The van der Waals surface area contributed by atoms with Crippen molar-refractivity contribution in [2.75, 3.05) is 19.6 Å². The first-order valence-electron chi connectivity index (χ1n) is 3.93. The molecule has 1 aromatic heterocycles. The van der Waals surface area contributed by atoms with Gasteiger partial charge in [0.2, 0.25) is 0 Å². The molecule has 0 amide bonds. The zero-order valence-corrected chi connectivity index (χ0v) is 6.34. The Kier molecular flexibility index (Phi) is 1.92. The van der Waals surface area contributed by atoms with Gasteiger partial charge in [0.05, 0.1) is 12.5 Å². The maximum Gasteiger partial charge on any atom is 0.0950 e. The van der Waals surface area contributed by atoms with Crippen molar-refractivity contribution in [3.05, 3.63) is 24.2 Å². The van der Waals surface area contributed by atoms with Crippen molar-refractivity contribution in [3.63, 3.8) is 0 Å². The van der Waals surface area contributed by atoms with E-state index in [4.69, 9.17) is 4.42 Å². The molecule has 3 nitrogen and oxygen atoms in total. The van der Waals surface area contributed by atoms with Crippen LogP contribution in [0.15, 0.2) is 23.0 Å². The highest BCUT2D eigenvalue weighted by atomic mass is 16.3. The summed E-state index contributed by atoms with van der Waals surface area (Å²) in [5.41, 5.74) is 1.23. The van der Waals surface area contributed by atoms with Gasteiger partial charge >= 0.3 is 0 Å². The number of furan rings is 1. The van der Waals surface area contributed by atoms with E-state index in [0.29, 0.717) is 6.04 Å². The zero-order valence-electron chi connectivity index (χ0n) is 6.34. The Labute approximate surface area is 65.8 Å². The monoisotopic (exact) mass is 152 g/mol. The van der Waals surface area contributed by atoms with Crippen molar-refractivity contribution >= 4 is 0 Å². The van der Waals surface area contributed by atoms with E-state index in [1.165, 1.54) is 5.56 Å². The fourth-order valence-corrected chi connectivity index (χ4v) is 1.36. The van der Waals surface area contributed by atoms with E-state index in [1.807, 2.05) is 6.07 Å². The molecule has 60 valence electrons. The Hall–Kier alpha value is -0.800. The molecule has 1 atom stereocenters. The van der Waals surface area contributed by atoms with E-state index < -0.39 is 0 Å². The summed E-state index contributed by atoms with van der Waals surface area (Å²) in [4.78, 5) is 0. The Morgan fingerprint density at radius 3 is 3.09 bits per heavy atom. The fraction of sp³-hybridized carbons (Fsp3) is 0.500. The van der Waals surface area contributed by atoms with Crippen LogP contribution in [0.5, 0.6) is 0 Å². The molecule has 1 saturated heterocycles. The largest absolute Gasteiger partial charge is 0.472 e. The third-order valence-corrected chi connectivity index (χ3v) is 1.99. The number of nitrogens with one attached hydrogen (secondary N) is 2. The molecule has 0 bridgehead atoms. The average molecular weight is 152 g/mol. The van der Waals surface area contributed by atoms with Crippen molar-refractivity contribution in [2.45, 2.75) is 6.04 Å². The maximum absolute atomic E-state index is 5.00. The zero-order chi connectivity index (χ0) is 7.52. The van der Waals surface area contributed by atoms with Crippen molar-refractivity contribution in [2.24, 2.45) is 0 Å². The smallest absolute Gasteiger partial charge is 0.0950 e. The highest BCUT2D eigenvalue weighted by Gasteiger charge is 2.14. The van der Waals surface area contributed by atoms with Gasteiger partial charge in [0.25, 0.3) is 0 Å². The Morgan fingerprint density at radius 2 is 2.45 bits per heavy atom. The SMILES string of the molecule is c1cc(C2CNCCN2)co1. The van der Waals surface area contributed by atoms with Crippen molar-refractivity contribution in [1.82, 2.24) is 10.6 Å². The second-order valence-corrected chi connectivity index (χ2v) is 2.77. The minimum Gasteiger partial charge on any atom is -0.472 e. The second kappa shape index (κ2) is 3.07. The molecular formula is C8H12N2O. The van der Waals surface area contributed by atoms with Crippen LogP contribution in [0.3, 0.4) is 0 Å². The summed E-state index contributed by atoms with van der Waals surface area (Å²) in [7, 11) is 0. The minimum atomic E-state index is 0.433. The Bertz CT molecular complexity index is 202. The molecule has 1 fully saturated rings.